The van der Waals surface area contributed by atoms with E-state index in [0.717, 1.165) is 16.1 Å². The third-order valence-corrected chi connectivity index (χ3v) is 5.00. The fourth-order valence-corrected chi connectivity index (χ4v) is 3.77. The lowest BCUT2D eigenvalue weighted by Crippen LogP contribution is -2.23. The Hall–Kier alpha value is -2.38. The van der Waals surface area contributed by atoms with Crippen molar-refractivity contribution in [3.05, 3.63) is 51.7 Å². The van der Waals surface area contributed by atoms with Crippen molar-refractivity contribution in [3.63, 3.8) is 0 Å². The van der Waals surface area contributed by atoms with E-state index in [2.05, 4.69) is 10.3 Å². The first kappa shape index (κ1) is 16.5. The lowest BCUT2D eigenvalue weighted by atomic mass is 10.2. The van der Waals surface area contributed by atoms with Gasteiger partial charge in [0.1, 0.15) is 10.7 Å². The quantitative estimate of drug-likeness (QED) is 0.726. The third kappa shape index (κ3) is 3.42. The number of hydrogen-bond donors (Lipinski definition) is 1. The molecular formula is C17H16N2O3S2. The molecule has 0 spiro atoms. The summed E-state index contributed by atoms with van der Waals surface area (Å²) in [6, 6.07) is 7.56. The molecule has 7 heteroatoms. The minimum Gasteiger partial charge on any atom is -0.493 e. The standard InChI is InChI=1S/C17H16N2O3S2/c1-21-14-5-3-4-11(15(14)22-2)8-18-16(20)13-10-24-17(19-13)12-6-7-23-9-12/h3-7,9-10H,8H2,1-2H3,(H,18,20). The summed E-state index contributed by atoms with van der Waals surface area (Å²) in [6.07, 6.45) is 0. The molecule has 24 heavy (non-hydrogen) atoms. The van der Waals surface area contributed by atoms with Crippen molar-refractivity contribution in [2.24, 2.45) is 0 Å². The van der Waals surface area contributed by atoms with E-state index in [9.17, 15) is 4.79 Å². The Morgan fingerprint density at radius 3 is 2.79 bits per heavy atom. The van der Waals surface area contributed by atoms with Gasteiger partial charge in [0.05, 0.1) is 14.2 Å². The predicted octanol–water partition coefficient (Wildman–Crippen LogP) is 3.82. The summed E-state index contributed by atoms with van der Waals surface area (Å²) >= 11 is 3.07. The topological polar surface area (TPSA) is 60.5 Å². The summed E-state index contributed by atoms with van der Waals surface area (Å²) < 4.78 is 10.6. The normalized spacial score (nSPS) is 10.4. The van der Waals surface area contributed by atoms with Crippen molar-refractivity contribution in [3.8, 4) is 22.1 Å². The molecule has 0 saturated carbocycles. The van der Waals surface area contributed by atoms with Gasteiger partial charge in [0.25, 0.3) is 5.91 Å². The number of rotatable bonds is 6. The summed E-state index contributed by atoms with van der Waals surface area (Å²) in [7, 11) is 3.16. The molecule has 2 aromatic heterocycles. The molecule has 0 unspecified atom stereocenters. The van der Waals surface area contributed by atoms with Gasteiger partial charge in [0.15, 0.2) is 11.5 Å². The summed E-state index contributed by atoms with van der Waals surface area (Å²) in [5.41, 5.74) is 2.31. The van der Waals surface area contributed by atoms with Crippen LogP contribution in [0.15, 0.2) is 40.4 Å². The number of nitrogens with one attached hydrogen (secondary N) is 1. The number of hydrogen-bond acceptors (Lipinski definition) is 6. The summed E-state index contributed by atoms with van der Waals surface area (Å²) in [4.78, 5) is 16.7. The molecule has 0 atom stereocenters. The van der Waals surface area contributed by atoms with Gasteiger partial charge >= 0.3 is 0 Å². The molecule has 3 rings (SSSR count). The zero-order valence-corrected chi connectivity index (χ0v) is 14.9. The van der Waals surface area contributed by atoms with Gasteiger partial charge in [0, 0.05) is 28.4 Å². The first-order valence-corrected chi connectivity index (χ1v) is 9.01. The van der Waals surface area contributed by atoms with Crippen LogP contribution in [0.5, 0.6) is 11.5 Å². The smallest absolute Gasteiger partial charge is 0.271 e. The Labute approximate surface area is 147 Å². The molecule has 1 amide bonds. The Morgan fingerprint density at radius 1 is 1.21 bits per heavy atom. The van der Waals surface area contributed by atoms with E-state index in [4.69, 9.17) is 9.47 Å². The molecule has 0 bridgehead atoms. The van der Waals surface area contributed by atoms with Crippen LogP contribution >= 0.6 is 22.7 Å². The maximum absolute atomic E-state index is 12.3. The second kappa shape index (κ2) is 7.46. The average molecular weight is 360 g/mol. The van der Waals surface area contributed by atoms with E-state index in [1.54, 1.807) is 30.9 Å². The molecule has 0 radical (unpaired) electrons. The zero-order valence-electron chi connectivity index (χ0n) is 13.2. The molecule has 5 nitrogen and oxygen atoms in total. The Kier molecular flexibility index (Phi) is 5.12. The monoisotopic (exact) mass is 360 g/mol. The number of nitrogens with zero attached hydrogens (tertiary/aromatic N) is 1. The SMILES string of the molecule is COc1cccc(CNC(=O)c2csc(-c3ccsc3)n2)c1OC. The molecule has 1 N–H and O–H groups in total. The summed E-state index contributed by atoms with van der Waals surface area (Å²) in [6.45, 7) is 0.338. The maximum atomic E-state index is 12.3. The van der Waals surface area contributed by atoms with Gasteiger partial charge in [-0.25, -0.2) is 4.98 Å². The Morgan fingerprint density at radius 2 is 2.08 bits per heavy atom. The van der Waals surface area contributed by atoms with Crippen molar-refractivity contribution < 1.29 is 14.3 Å². The second-order valence-corrected chi connectivity index (χ2v) is 6.52. The molecule has 0 aliphatic heterocycles. The number of benzene rings is 1. The van der Waals surface area contributed by atoms with E-state index in [-0.39, 0.29) is 5.91 Å². The highest BCUT2D eigenvalue weighted by molar-refractivity contribution is 7.14. The number of para-hydroxylation sites is 1. The van der Waals surface area contributed by atoms with Crippen molar-refractivity contribution in [2.75, 3.05) is 14.2 Å². The van der Waals surface area contributed by atoms with E-state index in [1.807, 2.05) is 35.0 Å². The zero-order chi connectivity index (χ0) is 16.9. The van der Waals surface area contributed by atoms with Crippen molar-refractivity contribution in [1.29, 1.82) is 0 Å². The highest BCUT2D eigenvalue weighted by atomic mass is 32.1. The molecule has 2 heterocycles. The van der Waals surface area contributed by atoms with E-state index in [0.29, 0.717) is 23.7 Å². The van der Waals surface area contributed by atoms with Crippen LogP contribution in [-0.2, 0) is 6.54 Å². The number of thiazole rings is 1. The minimum absolute atomic E-state index is 0.211. The summed E-state index contributed by atoms with van der Waals surface area (Å²) in [5, 5.41) is 9.50. The highest BCUT2D eigenvalue weighted by Crippen LogP contribution is 2.30. The number of methoxy groups -OCH3 is 2. The van der Waals surface area contributed by atoms with E-state index >= 15 is 0 Å². The molecule has 124 valence electrons. The minimum atomic E-state index is -0.211. The molecule has 0 aliphatic carbocycles. The van der Waals surface area contributed by atoms with Crippen LogP contribution in [0.2, 0.25) is 0 Å². The maximum Gasteiger partial charge on any atom is 0.271 e. The molecule has 0 saturated heterocycles. The van der Waals surface area contributed by atoms with Gasteiger partial charge in [-0.1, -0.05) is 12.1 Å². The fourth-order valence-electron chi connectivity index (χ4n) is 2.26. The first-order chi connectivity index (χ1) is 11.7. The largest absolute Gasteiger partial charge is 0.493 e. The van der Waals surface area contributed by atoms with Gasteiger partial charge in [-0.05, 0) is 17.5 Å². The van der Waals surface area contributed by atoms with Crippen LogP contribution in [0.1, 0.15) is 16.1 Å². The van der Waals surface area contributed by atoms with Crippen LogP contribution in [0.3, 0.4) is 0 Å². The molecular weight excluding hydrogens is 344 g/mol. The van der Waals surface area contributed by atoms with Crippen LogP contribution in [0.4, 0.5) is 0 Å². The predicted molar refractivity (Wildman–Crippen MR) is 96.1 cm³/mol. The number of carbonyl (C=O) groups excluding carboxylic acids is 1. The Bertz CT molecular complexity index is 828. The fraction of sp³-hybridized carbons (Fsp3) is 0.176. The van der Waals surface area contributed by atoms with Gasteiger partial charge < -0.3 is 14.8 Å². The van der Waals surface area contributed by atoms with Gasteiger partial charge in [-0.15, -0.1) is 11.3 Å². The highest BCUT2D eigenvalue weighted by Gasteiger charge is 2.14. The Balaban J connectivity index is 1.70. The van der Waals surface area contributed by atoms with E-state index in [1.165, 1.54) is 11.3 Å². The third-order valence-electron chi connectivity index (χ3n) is 3.43. The average Bonchev–Trinajstić information content (AvgIpc) is 3.29. The molecule has 0 aliphatic rings. The van der Waals surface area contributed by atoms with E-state index < -0.39 is 0 Å². The van der Waals surface area contributed by atoms with Crippen LogP contribution in [0, 0.1) is 0 Å². The second-order valence-electron chi connectivity index (χ2n) is 4.89. The number of ether oxygens (including phenoxy) is 2. The number of aromatic nitrogens is 1. The number of amides is 1. The van der Waals surface area contributed by atoms with Crippen molar-refractivity contribution >= 4 is 28.6 Å². The molecule has 1 aromatic carbocycles. The van der Waals surface area contributed by atoms with Crippen molar-refractivity contribution in [1.82, 2.24) is 10.3 Å². The number of carbonyl (C=O) groups is 1. The first-order valence-electron chi connectivity index (χ1n) is 7.19. The van der Waals surface area contributed by atoms with Crippen LogP contribution in [-0.4, -0.2) is 25.1 Å². The van der Waals surface area contributed by atoms with Crippen LogP contribution < -0.4 is 14.8 Å². The van der Waals surface area contributed by atoms with Crippen LogP contribution in [0.25, 0.3) is 10.6 Å². The lowest BCUT2D eigenvalue weighted by Gasteiger charge is -2.12. The lowest BCUT2D eigenvalue weighted by molar-refractivity contribution is 0.0946. The van der Waals surface area contributed by atoms with Crippen molar-refractivity contribution in [2.45, 2.75) is 6.54 Å². The number of thiophene rings is 1. The molecule has 0 fully saturated rings. The van der Waals surface area contributed by atoms with Gasteiger partial charge in [0.2, 0.25) is 0 Å². The molecule has 3 aromatic rings. The van der Waals surface area contributed by atoms with Gasteiger partial charge in [-0.3, -0.25) is 4.79 Å². The summed E-state index contributed by atoms with van der Waals surface area (Å²) in [5.74, 6) is 1.05. The van der Waals surface area contributed by atoms with Gasteiger partial charge in [-0.2, -0.15) is 11.3 Å².